The van der Waals surface area contributed by atoms with Crippen molar-refractivity contribution >= 4 is 23.4 Å². The predicted molar refractivity (Wildman–Crippen MR) is 67.4 cm³/mol. The molecule has 3 N–H and O–H groups in total. The van der Waals surface area contributed by atoms with Gasteiger partial charge < -0.3 is 11.1 Å². The van der Waals surface area contributed by atoms with Gasteiger partial charge in [0.1, 0.15) is 5.82 Å². The molecule has 0 saturated heterocycles. The van der Waals surface area contributed by atoms with Crippen LogP contribution < -0.4 is 11.1 Å². The second kappa shape index (κ2) is 5.01. The number of nitrogen functional groups attached to an aromatic ring is 1. The van der Waals surface area contributed by atoms with Gasteiger partial charge in [-0.1, -0.05) is 18.5 Å². The van der Waals surface area contributed by atoms with Crippen molar-refractivity contribution in [3.05, 3.63) is 23.5 Å². The number of nitrogens with zero attached hydrogens (tertiary/aromatic N) is 4. The monoisotopic (exact) mass is 252 g/mol. The van der Waals surface area contributed by atoms with E-state index in [1.807, 2.05) is 0 Å². The molecule has 0 radical (unpaired) electrons. The van der Waals surface area contributed by atoms with Crippen LogP contribution >= 0.6 is 11.6 Å². The first kappa shape index (κ1) is 11.7. The summed E-state index contributed by atoms with van der Waals surface area (Å²) in [6.45, 7) is 2.90. The molecule has 6 nitrogen and oxygen atoms in total. The summed E-state index contributed by atoms with van der Waals surface area (Å²) >= 11 is 5.80. The summed E-state index contributed by atoms with van der Waals surface area (Å²) in [5.74, 6) is 1.47. The van der Waals surface area contributed by atoms with Crippen LogP contribution in [0.5, 0.6) is 0 Å². The summed E-state index contributed by atoms with van der Waals surface area (Å²) in [7, 11) is 0. The molecule has 2 aromatic heterocycles. The molecule has 0 aliphatic carbocycles. The fraction of sp³-hybridized carbons (Fsp3) is 0.300. The Morgan fingerprint density at radius 3 is 2.94 bits per heavy atom. The summed E-state index contributed by atoms with van der Waals surface area (Å²) in [5.41, 5.74) is 5.64. The minimum absolute atomic E-state index is 0.202. The maximum Gasteiger partial charge on any atom is 0.224 e. The van der Waals surface area contributed by atoms with Crippen molar-refractivity contribution < 1.29 is 0 Å². The molecular formula is C10H13ClN6. The Bertz CT molecular complexity index is 509. The molecule has 0 saturated carbocycles. The van der Waals surface area contributed by atoms with Gasteiger partial charge in [-0.05, 0) is 6.42 Å². The van der Waals surface area contributed by atoms with Crippen molar-refractivity contribution in [2.75, 3.05) is 17.6 Å². The third-order valence-corrected chi connectivity index (χ3v) is 2.27. The molecule has 0 aliphatic rings. The third kappa shape index (κ3) is 2.85. The third-order valence-electron chi connectivity index (χ3n) is 2.07. The van der Waals surface area contributed by atoms with Crippen LogP contribution in [0.1, 0.15) is 13.3 Å². The Morgan fingerprint density at radius 1 is 1.47 bits per heavy atom. The lowest BCUT2D eigenvalue weighted by Gasteiger charge is -2.07. The topological polar surface area (TPSA) is 81.7 Å². The molecule has 2 heterocycles. The number of hydrogen-bond acceptors (Lipinski definition) is 5. The van der Waals surface area contributed by atoms with E-state index in [1.54, 1.807) is 23.1 Å². The van der Waals surface area contributed by atoms with Gasteiger partial charge in [-0.2, -0.15) is 15.1 Å². The summed E-state index contributed by atoms with van der Waals surface area (Å²) in [6, 6.07) is 1.77. The molecule has 0 atom stereocenters. The van der Waals surface area contributed by atoms with Crippen LogP contribution in [0, 0.1) is 0 Å². The van der Waals surface area contributed by atoms with E-state index in [0.29, 0.717) is 16.7 Å². The van der Waals surface area contributed by atoms with Crippen LogP contribution in [-0.2, 0) is 0 Å². The lowest BCUT2D eigenvalue weighted by Crippen LogP contribution is -2.08. The number of nitrogens with one attached hydrogen (secondary N) is 1. The van der Waals surface area contributed by atoms with E-state index in [-0.39, 0.29) is 5.95 Å². The fourth-order valence-corrected chi connectivity index (χ4v) is 1.48. The van der Waals surface area contributed by atoms with Crippen molar-refractivity contribution in [2.24, 2.45) is 0 Å². The molecule has 0 aliphatic heterocycles. The molecule has 0 unspecified atom stereocenters. The normalized spacial score (nSPS) is 10.5. The second-order valence-corrected chi connectivity index (χ2v) is 3.94. The highest BCUT2D eigenvalue weighted by molar-refractivity contribution is 6.30. The summed E-state index contributed by atoms with van der Waals surface area (Å²) < 4.78 is 1.55. The van der Waals surface area contributed by atoms with Gasteiger partial charge in [-0.25, -0.2) is 4.68 Å². The largest absolute Gasteiger partial charge is 0.370 e. The number of anilines is 2. The van der Waals surface area contributed by atoms with Crippen molar-refractivity contribution in [3.63, 3.8) is 0 Å². The van der Waals surface area contributed by atoms with Crippen molar-refractivity contribution in [2.45, 2.75) is 13.3 Å². The SMILES string of the molecule is CCCNc1cc(-n2cc(Cl)cn2)nc(N)n1. The summed E-state index contributed by atoms with van der Waals surface area (Å²) in [4.78, 5) is 8.18. The summed E-state index contributed by atoms with van der Waals surface area (Å²) in [5, 5.41) is 7.75. The zero-order valence-corrected chi connectivity index (χ0v) is 10.1. The van der Waals surface area contributed by atoms with Gasteiger partial charge in [0.2, 0.25) is 5.95 Å². The highest BCUT2D eigenvalue weighted by Crippen LogP contribution is 2.14. The Morgan fingerprint density at radius 2 is 2.29 bits per heavy atom. The van der Waals surface area contributed by atoms with Gasteiger partial charge in [0.05, 0.1) is 17.4 Å². The first-order valence-corrected chi connectivity index (χ1v) is 5.66. The van der Waals surface area contributed by atoms with Gasteiger partial charge in [-0.3, -0.25) is 0 Å². The molecule has 0 spiro atoms. The number of nitrogens with two attached hydrogens (primary N) is 1. The second-order valence-electron chi connectivity index (χ2n) is 3.50. The minimum Gasteiger partial charge on any atom is -0.370 e. The number of aromatic nitrogens is 4. The Hall–Kier alpha value is -1.82. The van der Waals surface area contributed by atoms with E-state index < -0.39 is 0 Å². The number of hydrogen-bond donors (Lipinski definition) is 2. The van der Waals surface area contributed by atoms with Gasteiger partial charge >= 0.3 is 0 Å². The minimum atomic E-state index is 0.202. The van der Waals surface area contributed by atoms with E-state index in [9.17, 15) is 0 Å². The number of rotatable bonds is 4. The Balaban J connectivity index is 2.31. The van der Waals surface area contributed by atoms with Gasteiger partial charge in [-0.15, -0.1) is 0 Å². The average Bonchev–Trinajstić information content (AvgIpc) is 2.72. The lowest BCUT2D eigenvalue weighted by molar-refractivity contribution is 0.841. The standard InChI is InChI=1S/C10H13ClN6/c1-2-3-13-8-4-9(16-10(12)15-8)17-6-7(11)5-14-17/h4-6H,2-3H2,1H3,(H3,12,13,15,16). The van der Waals surface area contributed by atoms with Gasteiger partial charge in [0.15, 0.2) is 5.82 Å². The molecule has 90 valence electrons. The van der Waals surface area contributed by atoms with Gasteiger partial charge in [0, 0.05) is 12.6 Å². The van der Waals surface area contributed by atoms with E-state index >= 15 is 0 Å². The van der Waals surface area contributed by atoms with Crippen molar-refractivity contribution in [1.82, 2.24) is 19.7 Å². The quantitative estimate of drug-likeness (QED) is 0.866. The van der Waals surface area contributed by atoms with Crippen LogP contribution in [0.25, 0.3) is 5.82 Å². The zero-order chi connectivity index (χ0) is 12.3. The molecule has 17 heavy (non-hydrogen) atoms. The molecule has 0 amide bonds. The van der Waals surface area contributed by atoms with Crippen LogP contribution in [-0.4, -0.2) is 26.3 Å². The highest BCUT2D eigenvalue weighted by atomic mass is 35.5. The predicted octanol–water partition coefficient (Wildman–Crippen LogP) is 1.72. The first-order valence-electron chi connectivity index (χ1n) is 5.28. The maximum absolute atomic E-state index is 5.80. The number of halogens is 1. The van der Waals surface area contributed by atoms with Crippen LogP contribution in [0.4, 0.5) is 11.8 Å². The van der Waals surface area contributed by atoms with E-state index in [4.69, 9.17) is 17.3 Å². The Labute approximate surface area is 104 Å². The van der Waals surface area contributed by atoms with E-state index in [1.165, 1.54) is 0 Å². The lowest BCUT2D eigenvalue weighted by atomic mass is 10.4. The molecule has 7 heteroatoms. The molecule has 0 aromatic carbocycles. The van der Waals surface area contributed by atoms with Crippen LogP contribution in [0.2, 0.25) is 5.02 Å². The average molecular weight is 253 g/mol. The fourth-order valence-electron chi connectivity index (χ4n) is 1.34. The Kier molecular flexibility index (Phi) is 3.43. The highest BCUT2D eigenvalue weighted by Gasteiger charge is 2.05. The van der Waals surface area contributed by atoms with Crippen LogP contribution in [0.3, 0.4) is 0 Å². The maximum atomic E-state index is 5.80. The summed E-state index contributed by atoms with van der Waals surface area (Å²) in [6.07, 6.45) is 4.21. The van der Waals surface area contributed by atoms with Crippen LogP contribution in [0.15, 0.2) is 18.5 Å². The van der Waals surface area contributed by atoms with Crippen molar-refractivity contribution in [3.8, 4) is 5.82 Å². The van der Waals surface area contributed by atoms with E-state index in [0.717, 1.165) is 13.0 Å². The van der Waals surface area contributed by atoms with E-state index in [2.05, 4.69) is 27.3 Å². The molecule has 2 aromatic rings. The zero-order valence-electron chi connectivity index (χ0n) is 9.39. The molecule has 0 bridgehead atoms. The molecule has 2 rings (SSSR count). The smallest absolute Gasteiger partial charge is 0.224 e. The first-order chi connectivity index (χ1) is 8.19. The molecular weight excluding hydrogens is 240 g/mol. The molecule has 0 fully saturated rings. The van der Waals surface area contributed by atoms with Crippen molar-refractivity contribution in [1.29, 1.82) is 0 Å². The van der Waals surface area contributed by atoms with Gasteiger partial charge in [0.25, 0.3) is 0 Å².